The average Bonchev–Trinajstić information content (AvgIpc) is 2.99. The molecule has 0 fully saturated rings. The Kier molecular flexibility index (Phi) is 5.15. The Labute approximate surface area is 163 Å². The van der Waals surface area contributed by atoms with Gasteiger partial charge in [-0.05, 0) is 29.7 Å². The lowest BCUT2D eigenvalue weighted by atomic mass is 9.99. The van der Waals surface area contributed by atoms with Gasteiger partial charge in [0.15, 0.2) is 0 Å². The van der Waals surface area contributed by atoms with E-state index in [-0.39, 0.29) is 10.5 Å². The number of rotatable bonds is 3. The molecule has 0 atom stereocenters. The van der Waals surface area contributed by atoms with E-state index in [1.165, 1.54) is 4.90 Å². The number of fused-ring (bicyclic) bond motifs is 1. The molecule has 0 radical (unpaired) electrons. The van der Waals surface area contributed by atoms with E-state index < -0.39 is 16.2 Å². The highest BCUT2D eigenvalue weighted by Crippen LogP contribution is 2.24. The molecule has 10 nitrogen and oxygen atoms in total. The van der Waals surface area contributed by atoms with E-state index in [4.69, 9.17) is 5.14 Å². The van der Waals surface area contributed by atoms with Crippen LogP contribution in [-0.2, 0) is 23.2 Å². The molecule has 1 aromatic heterocycles. The summed E-state index contributed by atoms with van der Waals surface area (Å²) >= 11 is 1.63. The van der Waals surface area contributed by atoms with Gasteiger partial charge in [-0.1, -0.05) is 6.07 Å². The van der Waals surface area contributed by atoms with Crippen LogP contribution in [0.5, 0.6) is 0 Å². The fourth-order valence-corrected chi connectivity index (χ4v) is 3.39. The van der Waals surface area contributed by atoms with Gasteiger partial charge >= 0.3 is 6.03 Å². The molecule has 3 rings (SSSR count). The number of halogens is 1. The Balaban J connectivity index is 1.85. The molecule has 0 aliphatic carbocycles. The topological polar surface area (TPSA) is 139 Å². The van der Waals surface area contributed by atoms with Gasteiger partial charge in [-0.25, -0.2) is 19.3 Å². The summed E-state index contributed by atoms with van der Waals surface area (Å²) in [6.45, 7) is 0.616. The minimum Gasteiger partial charge on any atom is -0.319 e. The summed E-state index contributed by atoms with van der Waals surface area (Å²) in [5, 5.41) is 11.7. The third kappa shape index (κ3) is 4.31. The van der Waals surface area contributed by atoms with E-state index in [9.17, 15) is 18.0 Å². The third-order valence-electron chi connectivity index (χ3n) is 3.83. The molecule has 0 saturated carbocycles. The largest absolute Gasteiger partial charge is 0.332 e. The fourth-order valence-electron chi connectivity index (χ4n) is 2.74. The van der Waals surface area contributed by atoms with Crippen molar-refractivity contribution in [2.24, 2.45) is 5.14 Å². The number of aromatic nitrogens is 2. The van der Waals surface area contributed by atoms with Crippen molar-refractivity contribution in [1.82, 2.24) is 19.4 Å². The summed E-state index contributed by atoms with van der Waals surface area (Å²) in [5.41, 5.74) is 2.63. The van der Waals surface area contributed by atoms with E-state index in [0.29, 0.717) is 24.5 Å². The maximum Gasteiger partial charge on any atom is 0.332 e. The smallest absolute Gasteiger partial charge is 0.319 e. The Morgan fingerprint density at radius 3 is 2.69 bits per heavy atom. The average molecular weight is 490 g/mol. The number of carbonyl (C=O) groups excluding carboxylic acids is 2. The van der Waals surface area contributed by atoms with E-state index in [2.05, 4.69) is 10.4 Å². The van der Waals surface area contributed by atoms with Gasteiger partial charge in [0.2, 0.25) is 0 Å². The van der Waals surface area contributed by atoms with Crippen molar-refractivity contribution in [3.05, 3.63) is 41.6 Å². The van der Waals surface area contributed by atoms with Crippen LogP contribution in [0.1, 0.15) is 11.1 Å². The number of benzene rings is 1. The summed E-state index contributed by atoms with van der Waals surface area (Å²) in [5.74, 6) is 0.518. The van der Waals surface area contributed by atoms with Crippen LogP contribution in [0.4, 0.5) is 15.4 Å². The molecule has 2 aromatic rings. The molecule has 0 bridgehead atoms. The van der Waals surface area contributed by atoms with Crippen LogP contribution in [0.2, 0.25) is 0 Å². The van der Waals surface area contributed by atoms with Crippen LogP contribution < -0.4 is 15.2 Å². The van der Waals surface area contributed by atoms with Crippen LogP contribution >= 0.6 is 22.6 Å². The van der Waals surface area contributed by atoms with Crippen molar-refractivity contribution >= 4 is 48.6 Å². The summed E-state index contributed by atoms with van der Waals surface area (Å²) in [4.78, 5) is 24.7. The second-order valence-corrected chi connectivity index (χ2v) is 7.88. The zero-order chi connectivity index (χ0) is 18.9. The zero-order valence-corrected chi connectivity index (χ0v) is 16.3. The highest BCUT2D eigenvalue weighted by atomic mass is 127. The van der Waals surface area contributed by atoms with Gasteiger partial charge in [0.05, 0.1) is 11.9 Å². The number of hydrogen-bond donors (Lipinski definition) is 3. The van der Waals surface area contributed by atoms with Crippen molar-refractivity contribution in [3.8, 4) is 5.69 Å². The maximum absolute atomic E-state index is 12.0. The molecule has 26 heavy (non-hydrogen) atoms. The first-order chi connectivity index (χ1) is 12.2. The molecular formula is C14H15IN6O4S. The van der Waals surface area contributed by atoms with Crippen LogP contribution in [0.3, 0.4) is 0 Å². The highest BCUT2D eigenvalue weighted by Gasteiger charge is 2.23. The quantitative estimate of drug-likeness (QED) is 0.336. The minimum atomic E-state index is -4.11. The summed E-state index contributed by atoms with van der Waals surface area (Å²) < 4.78 is 25.2. The lowest BCUT2D eigenvalue weighted by Gasteiger charge is -2.29. The van der Waals surface area contributed by atoms with Crippen molar-refractivity contribution in [3.63, 3.8) is 0 Å². The number of hydrogen-bond acceptors (Lipinski definition) is 5. The predicted octanol–water partition coefficient (Wildman–Crippen LogP) is 1.11. The molecule has 12 heteroatoms. The van der Waals surface area contributed by atoms with Gasteiger partial charge in [0.1, 0.15) is 5.82 Å². The van der Waals surface area contributed by atoms with Gasteiger partial charge in [0, 0.05) is 41.7 Å². The molecule has 138 valence electrons. The van der Waals surface area contributed by atoms with Crippen molar-refractivity contribution in [1.29, 1.82) is 0 Å². The molecule has 1 aliphatic heterocycles. The number of anilines is 1. The van der Waals surface area contributed by atoms with Crippen LogP contribution in [0, 0.1) is 0 Å². The van der Waals surface area contributed by atoms with E-state index in [1.54, 1.807) is 44.3 Å². The van der Waals surface area contributed by atoms with Crippen LogP contribution in [0.25, 0.3) is 5.69 Å². The Bertz CT molecular complexity index is 974. The van der Waals surface area contributed by atoms with Gasteiger partial charge < -0.3 is 10.2 Å². The Morgan fingerprint density at radius 1 is 1.23 bits per heavy atom. The van der Waals surface area contributed by atoms with E-state index in [0.717, 1.165) is 11.1 Å². The van der Waals surface area contributed by atoms with Gasteiger partial charge in [-0.15, -0.1) is 0 Å². The number of carbonyl (C=O) groups is 2. The number of nitrogens with two attached hydrogens (primary N) is 1. The first kappa shape index (κ1) is 18.6. The summed E-state index contributed by atoms with van der Waals surface area (Å²) in [7, 11) is -4.11. The molecule has 1 aliphatic rings. The number of amides is 3. The normalized spacial score (nSPS) is 13.8. The minimum absolute atomic E-state index is 0.236. The molecule has 0 unspecified atom stereocenters. The first-order valence-corrected chi connectivity index (χ1v) is 10.1. The lowest BCUT2D eigenvalue weighted by Crippen LogP contribution is -2.47. The van der Waals surface area contributed by atoms with Crippen molar-refractivity contribution in [2.75, 3.05) is 11.9 Å². The fraction of sp³-hybridized carbons (Fsp3) is 0.214. The number of nitrogens with zero attached hydrogens (tertiary/aromatic N) is 3. The molecule has 2 heterocycles. The van der Waals surface area contributed by atoms with Gasteiger partial charge in [0.25, 0.3) is 14.1 Å². The summed E-state index contributed by atoms with van der Waals surface area (Å²) in [6.07, 6.45) is 2.15. The second kappa shape index (κ2) is 7.20. The molecular weight excluding hydrogens is 475 g/mol. The Hall–Kier alpha value is -2.19. The van der Waals surface area contributed by atoms with Crippen LogP contribution in [0.15, 0.2) is 30.5 Å². The lowest BCUT2D eigenvalue weighted by molar-refractivity contribution is 0.198. The third-order valence-corrected chi connectivity index (χ3v) is 4.56. The number of urea groups is 1. The maximum atomic E-state index is 12.0. The first-order valence-electron chi connectivity index (χ1n) is 7.45. The SMILES string of the molecule is NS(=O)(=O)NC(=O)N1CCc2ccc(-n3nccc3NC(=O)I)cc2C1. The monoisotopic (exact) mass is 490 g/mol. The molecule has 4 N–H and O–H groups in total. The predicted molar refractivity (Wildman–Crippen MR) is 102 cm³/mol. The van der Waals surface area contributed by atoms with Crippen molar-refractivity contribution in [2.45, 2.75) is 13.0 Å². The van der Waals surface area contributed by atoms with E-state index in [1.807, 2.05) is 18.2 Å². The molecule has 0 saturated heterocycles. The standard InChI is InChI=1S/C14H15IN6O4S/c15-13(22)18-12-3-5-17-21(12)11-2-1-9-4-6-20(8-10(9)7-11)14(23)19-26(16,24)25/h1-3,5,7H,4,6,8H2,(H,18,22)(H,19,23)(H2,16,24,25). The molecule has 0 spiro atoms. The van der Waals surface area contributed by atoms with Crippen molar-refractivity contribution < 1.29 is 18.0 Å². The molecule has 3 amide bonds. The number of nitrogens with one attached hydrogen (secondary N) is 2. The van der Waals surface area contributed by atoms with Gasteiger partial charge in [-0.2, -0.15) is 13.5 Å². The van der Waals surface area contributed by atoms with Gasteiger partial charge in [-0.3, -0.25) is 4.79 Å². The second-order valence-electron chi connectivity index (χ2n) is 5.60. The highest BCUT2D eigenvalue weighted by molar-refractivity contribution is 14.1. The van der Waals surface area contributed by atoms with Crippen LogP contribution in [-0.4, -0.2) is 39.6 Å². The Morgan fingerprint density at radius 2 is 2.00 bits per heavy atom. The van der Waals surface area contributed by atoms with E-state index >= 15 is 0 Å². The zero-order valence-electron chi connectivity index (χ0n) is 13.3. The summed E-state index contributed by atoms with van der Waals surface area (Å²) in [6, 6.07) is 6.55. The molecule has 1 aromatic carbocycles.